The molecule has 2 N–H and O–H groups in total. The van der Waals surface area contributed by atoms with Crippen LogP contribution in [-0.4, -0.2) is 19.0 Å². The topological polar surface area (TPSA) is 36.4 Å². The lowest BCUT2D eigenvalue weighted by Crippen LogP contribution is -2.38. The smallest absolute Gasteiger partial charge is 0.191 e. The molecule has 0 spiro atoms. The molecule has 21 heavy (non-hydrogen) atoms. The average Bonchev–Trinajstić information content (AvgIpc) is 3.34. The number of aliphatic imine (C=N–C) groups is 1. The fraction of sp³-hybridized carbons (Fsp3) is 0.389. The standard InChI is InChI=1S/C18H23N3/c1-2-19-18(20-12-14-7-8-14)21-13-15-9-10-16-5-3-4-6-17(16)11-15/h3-6,9-11,14H,2,7-8,12-13H2,1H3,(H2,19,20,21). The molecule has 0 amide bonds. The number of guanidine groups is 1. The van der Waals surface area contributed by atoms with Crippen molar-refractivity contribution in [1.82, 2.24) is 10.6 Å². The number of fused-ring (bicyclic) bond motifs is 1. The lowest BCUT2D eigenvalue weighted by Gasteiger charge is -2.10. The van der Waals surface area contributed by atoms with Gasteiger partial charge in [0.25, 0.3) is 0 Å². The first kappa shape index (κ1) is 13.9. The van der Waals surface area contributed by atoms with Crippen LogP contribution in [0.4, 0.5) is 0 Å². The molecule has 0 heterocycles. The molecule has 1 aliphatic rings. The summed E-state index contributed by atoms with van der Waals surface area (Å²) < 4.78 is 0. The van der Waals surface area contributed by atoms with Crippen LogP contribution < -0.4 is 10.6 Å². The van der Waals surface area contributed by atoms with Crippen LogP contribution in [0.25, 0.3) is 10.8 Å². The molecule has 0 radical (unpaired) electrons. The maximum atomic E-state index is 4.68. The minimum atomic E-state index is 0.713. The third-order valence-corrected chi connectivity index (χ3v) is 3.83. The number of benzene rings is 2. The van der Waals surface area contributed by atoms with E-state index in [0.29, 0.717) is 6.54 Å². The average molecular weight is 281 g/mol. The minimum Gasteiger partial charge on any atom is -0.357 e. The Hall–Kier alpha value is -2.03. The predicted octanol–water partition coefficient (Wildman–Crippen LogP) is 3.30. The van der Waals surface area contributed by atoms with E-state index in [0.717, 1.165) is 25.0 Å². The van der Waals surface area contributed by atoms with Gasteiger partial charge in [-0.25, -0.2) is 4.99 Å². The summed E-state index contributed by atoms with van der Waals surface area (Å²) in [6, 6.07) is 15.0. The molecule has 2 aromatic carbocycles. The van der Waals surface area contributed by atoms with Crippen LogP contribution in [-0.2, 0) is 6.54 Å². The summed E-state index contributed by atoms with van der Waals surface area (Å²) in [7, 11) is 0. The van der Waals surface area contributed by atoms with Crippen molar-refractivity contribution < 1.29 is 0 Å². The summed E-state index contributed by atoms with van der Waals surface area (Å²) in [4.78, 5) is 4.68. The lowest BCUT2D eigenvalue weighted by molar-refractivity contribution is 0.739. The van der Waals surface area contributed by atoms with Gasteiger partial charge in [0.05, 0.1) is 6.54 Å². The quantitative estimate of drug-likeness (QED) is 0.651. The monoisotopic (exact) mass is 281 g/mol. The van der Waals surface area contributed by atoms with Gasteiger partial charge in [-0.2, -0.15) is 0 Å². The highest BCUT2D eigenvalue weighted by molar-refractivity contribution is 5.83. The van der Waals surface area contributed by atoms with Gasteiger partial charge < -0.3 is 10.6 Å². The van der Waals surface area contributed by atoms with Crippen molar-refractivity contribution in [2.75, 3.05) is 13.1 Å². The molecular weight excluding hydrogens is 258 g/mol. The highest BCUT2D eigenvalue weighted by Crippen LogP contribution is 2.27. The molecule has 3 heteroatoms. The first-order valence-electron chi connectivity index (χ1n) is 7.85. The SMILES string of the molecule is CCNC(=NCc1ccc2ccccc2c1)NCC1CC1. The van der Waals surface area contributed by atoms with Gasteiger partial charge in [-0.05, 0) is 48.1 Å². The first-order valence-corrected chi connectivity index (χ1v) is 7.85. The molecule has 0 bridgehead atoms. The number of nitrogens with zero attached hydrogens (tertiary/aromatic N) is 1. The van der Waals surface area contributed by atoms with Crippen molar-refractivity contribution in [3.05, 3.63) is 48.0 Å². The molecular formula is C18H23N3. The molecule has 1 saturated carbocycles. The second-order valence-corrected chi connectivity index (χ2v) is 5.70. The van der Waals surface area contributed by atoms with E-state index in [2.05, 4.69) is 65.0 Å². The van der Waals surface area contributed by atoms with Crippen LogP contribution in [0.2, 0.25) is 0 Å². The van der Waals surface area contributed by atoms with Crippen LogP contribution in [0.15, 0.2) is 47.5 Å². The van der Waals surface area contributed by atoms with Gasteiger partial charge in [0.2, 0.25) is 0 Å². The van der Waals surface area contributed by atoms with Gasteiger partial charge in [-0.15, -0.1) is 0 Å². The summed E-state index contributed by atoms with van der Waals surface area (Å²) in [6.07, 6.45) is 2.72. The van der Waals surface area contributed by atoms with Gasteiger partial charge >= 0.3 is 0 Å². The Kier molecular flexibility index (Phi) is 4.39. The van der Waals surface area contributed by atoms with E-state index in [-0.39, 0.29) is 0 Å². The van der Waals surface area contributed by atoms with Crippen LogP contribution in [0.3, 0.4) is 0 Å². The van der Waals surface area contributed by atoms with Gasteiger partial charge in [0.1, 0.15) is 0 Å². The summed E-state index contributed by atoms with van der Waals surface area (Å²) in [5.41, 5.74) is 1.25. The summed E-state index contributed by atoms with van der Waals surface area (Å²) in [5, 5.41) is 9.30. The van der Waals surface area contributed by atoms with E-state index >= 15 is 0 Å². The molecule has 3 nitrogen and oxygen atoms in total. The summed E-state index contributed by atoms with van der Waals surface area (Å²) >= 11 is 0. The molecule has 0 saturated heterocycles. The summed E-state index contributed by atoms with van der Waals surface area (Å²) in [5.74, 6) is 1.78. The van der Waals surface area contributed by atoms with Gasteiger partial charge in [-0.1, -0.05) is 36.4 Å². The zero-order valence-corrected chi connectivity index (χ0v) is 12.6. The highest BCUT2D eigenvalue weighted by atomic mass is 15.2. The minimum absolute atomic E-state index is 0.713. The Morgan fingerprint density at radius 1 is 1.10 bits per heavy atom. The lowest BCUT2D eigenvalue weighted by atomic mass is 10.1. The molecule has 1 aliphatic carbocycles. The molecule has 1 fully saturated rings. The first-order chi connectivity index (χ1) is 10.3. The van der Waals surface area contributed by atoms with Crippen LogP contribution >= 0.6 is 0 Å². The van der Waals surface area contributed by atoms with Crippen molar-refractivity contribution in [1.29, 1.82) is 0 Å². The van der Waals surface area contributed by atoms with E-state index in [1.165, 1.54) is 29.2 Å². The third kappa shape index (κ3) is 3.97. The Bertz CT molecular complexity index is 629. The number of hydrogen-bond acceptors (Lipinski definition) is 1. The molecule has 0 unspecified atom stereocenters. The number of hydrogen-bond donors (Lipinski definition) is 2. The number of nitrogens with one attached hydrogen (secondary N) is 2. The predicted molar refractivity (Wildman–Crippen MR) is 89.5 cm³/mol. The third-order valence-electron chi connectivity index (χ3n) is 3.83. The van der Waals surface area contributed by atoms with Gasteiger partial charge in [0, 0.05) is 13.1 Å². The zero-order chi connectivity index (χ0) is 14.5. The van der Waals surface area contributed by atoms with Crippen molar-refractivity contribution in [2.24, 2.45) is 10.9 Å². The molecule has 0 aliphatic heterocycles. The van der Waals surface area contributed by atoms with Crippen LogP contribution in [0.1, 0.15) is 25.3 Å². The Labute approximate surface area is 126 Å². The Balaban J connectivity index is 1.67. The Morgan fingerprint density at radius 3 is 2.67 bits per heavy atom. The van der Waals surface area contributed by atoms with E-state index in [1.807, 2.05) is 0 Å². The maximum absolute atomic E-state index is 4.68. The van der Waals surface area contributed by atoms with Gasteiger partial charge in [0.15, 0.2) is 5.96 Å². The Morgan fingerprint density at radius 2 is 1.90 bits per heavy atom. The second-order valence-electron chi connectivity index (χ2n) is 5.70. The normalized spacial score (nSPS) is 15.2. The number of rotatable bonds is 5. The second kappa shape index (κ2) is 6.61. The van der Waals surface area contributed by atoms with E-state index < -0.39 is 0 Å². The van der Waals surface area contributed by atoms with E-state index in [4.69, 9.17) is 0 Å². The van der Waals surface area contributed by atoms with Crippen LogP contribution in [0, 0.1) is 5.92 Å². The molecule has 3 rings (SSSR count). The molecule has 0 aromatic heterocycles. The fourth-order valence-corrected chi connectivity index (χ4v) is 2.41. The molecule has 2 aromatic rings. The summed E-state index contributed by atoms with van der Waals surface area (Å²) in [6.45, 7) is 4.76. The van der Waals surface area contributed by atoms with E-state index in [1.54, 1.807) is 0 Å². The highest BCUT2D eigenvalue weighted by Gasteiger charge is 2.20. The van der Waals surface area contributed by atoms with Crippen molar-refractivity contribution >= 4 is 16.7 Å². The van der Waals surface area contributed by atoms with Gasteiger partial charge in [-0.3, -0.25) is 0 Å². The molecule has 110 valence electrons. The zero-order valence-electron chi connectivity index (χ0n) is 12.6. The van der Waals surface area contributed by atoms with Crippen molar-refractivity contribution in [3.63, 3.8) is 0 Å². The van der Waals surface area contributed by atoms with Crippen molar-refractivity contribution in [2.45, 2.75) is 26.3 Å². The van der Waals surface area contributed by atoms with Crippen LogP contribution in [0.5, 0.6) is 0 Å². The fourth-order valence-electron chi connectivity index (χ4n) is 2.41. The molecule has 0 atom stereocenters. The van der Waals surface area contributed by atoms with Crippen molar-refractivity contribution in [3.8, 4) is 0 Å². The van der Waals surface area contributed by atoms with E-state index in [9.17, 15) is 0 Å². The largest absolute Gasteiger partial charge is 0.357 e. The maximum Gasteiger partial charge on any atom is 0.191 e.